The Morgan fingerprint density at radius 1 is 1.09 bits per heavy atom. The molecule has 2 aromatic heterocycles. The lowest BCUT2D eigenvalue weighted by Gasteiger charge is -2.25. The number of hydrogen-bond acceptors (Lipinski definition) is 6. The van der Waals surface area contributed by atoms with Gasteiger partial charge in [0.2, 0.25) is 5.91 Å². The van der Waals surface area contributed by atoms with Crippen molar-refractivity contribution in [2.24, 2.45) is 0 Å². The van der Waals surface area contributed by atoms with Gasteiger partial charge in [0, 0.05) is 12.2 Å². The molecular weight excluding hydrogens is 450 g/mol. The largest absolute Gasteiger partial charge is 0.310 e. The molecule has 0 N–H and O–H groups in total. The fourth-order valence-electron chi connectivity index (χ4n) is 3.44. The van der Waals surface area contributed by atoms with Crippen LogP contribution in [0.5, 0.6) is 0 Å². The summed E-state index contributed by atoms with van der Waals surface area (Å²) in [5.74, 6) is 0.730. The highest BCUT2D eigenvalue weighted by molar-refractivity contribution is 8.00. The fraction of sp³-hybridized carbons (Fsp3) is 0.200. The predicted octanol–water partition coefficient (Wildman–Crippen LogP) is 5.48. The number of anilines is 1. The zero-order chi connectivity index (χ0) is 23.0. The van der Waals surface area contributed by atoms with E-state index in [-0.39, 0.29) is 12.3 Å². The zero-order valence-electron chi connectivity index (χ0n) is 18.2. The summed E-state index contributed by atoms with van der Waals surface area (Å²) >= 11 is 3.00. The highest BCUT2D eigenvalue weighted by atomic mass is 32.2. The third kappa shape index (κ3) is 5.51. The SMILES string of the molecule is CC(Sc1nnc(-c2cccs2)n1Cc1ccccc1)C(=O)N(CCC#N)c1ccccc1. The van der Waals surface area contributed by atoms with Crippen LogP contribution in [-0.2, 0) is 11.3 Å². The highest BCUT2D eigenvalue weighted by Crippen LogP contribution is 2.31. The van der Waals surface area contributed by atoms with Crippen molar-refractivity contribution in [3.8, 4) is 16.8 Å². The molecule has 0 radical (unpaired) electrons. The predicted molar refractivity (Wildman–Crippen MR) is 133 cm³/mol. The first kappa shape index (κ1) is 22.8. The van der Waals surface area contributed by atoms with Crippen LogP contribution >= 0.6 is 23.1 Å². The van der Waals surface area contributed by atoms with Crippen molar-refractivity contribution in [1.29, 1.82) is 5.26 Å². The molecule has 1 unspecified atom stereocenters. The highest BCUT2D eigenvalue weighted by Gasteiger charge is 2.26. The van der Waals surface area contributed by atoms with Crippen molar-refractivity contribution in [3.63, 3.8) is 0 Å². The van der Waals surface area contributed by atoms with Crippen LogP contribution in [0.1, 0.15) is 18.9 Å². The monoisotopic (exact) mass is 473 g/mol. The molecule has 0 saturated heterocycles. The van der Waals surface area contributed by atoms with E-state index < -0.39 is 5.25 Å². The molecule has 1 amide bonds. The summed E-state index contributed by atoms with van der Waals surface area (Å²) in [5.41, 5.74) is 1.92. The summed E-state index contributed by atoms with van der Waals surface area (Å²) in [4.78, 5) is 16.1. The van der Waals surface area contributed by atoms with E-state index in [1.54, 1.807) is 16.2 Å². The van der Waals surface area contributed by atoms with Crippen LogP contribution in [0.15, 0.2) is 83.3 Å². The van der Waals surface area contributed by atoms with Gasteiger partial charge in [0.25, 0.3) is 0 Å². The first-order valence-electron chi connectivity index (χ1n) is 10.6. The van der Waals surface area contributed by atoms with Crippen LogP contribution in [0.2, 0.25) is 0 Å². The molecule has 0 saturated carbocycles. The Hall–Kier alpha value is -3.41. The van der Waals surface area contributed by atoms with Gasteiger partial charge >= 0.3 is 0 Å². The maximum Gasteiger partial charge on any atom is 0.240 e. The fourth-order valence-corrected chi connectivity index (χ4v) is 5.06. The Bertz CT molecular complexity index is 1220. The molecule has 2 heterocycles. The minimum atomic E-state index is -0.404. The normalized spacial score (nSPS) is 11.6. The number of aromatic nitrogens is 3. The van der Waals surface area contributed by atoms with Gasteiger partial charge in [-0.2, -0.15) is 5.26 Å². The van der Waals surface area contributed by atoms with E-state index in [1.165, 1.54) is 11.8 Å². The molecule has 4 aromatic rings. The van der Waals surface area contributed by atoms with Gasteiger partial charge in [0.1, 0.15) is 0 Å². The number of thiophene rings is 1. The van der Waals surface area contributed by atoms with Crippen LogP contribution in [-0.4, -0.2) is 32.5 Å². The summed E-state index contributed by atoms with van der Waals surface area (Å²) in [6.45, 7) is 2.84. The van der Waals surface area contributed by atoms with E-state index in [0.29, 0.717) is 18.2 Å². The molecule has 0 bridgehead atoms. The minimum absolute atomic E-state index is 0.0617. The summed E-state index contributed by atoms with van der Waals surface area (Å²) in [7, 11) is 0. The van der Waals surface area contributed by atoms with Gasteiger partial charge in [0.15, 0.2) is 11.0 Å². The average Bonchev–Trinajstić information content (AvgIpc) is 3.51. The Balaban J connectivity index is 1.61. The van der Waals surface area contributed by atoms with Crippen molar-refractivity contribution < 1.29 is 4.79 Å². The number of rotatable bonds is 9. The van der Waals surface area contributed by atoms with Crippen LogP contribution in [0.25, 0.3) is 10.7 Å². The summed E-state index contributed by atoms with van der Waals surface area (Å²) < 4.78 is 2.07. The van der Waals surface area contributed by atoms with E-state index in [4.69, 9.17) is 5.26 Å². The summed E-state index contributed by atoms with van der Waals surface area (Å²) in [6.07, 6.45) is 0.269. The molecule has 6 nitrogen and oxygen atoms in total. The molecular formula is C25H23N5OS2. The van der Waals surface area contributed by atoms with E-state index >= 15 is 0 Å². The smallest absolute Gasteiger partial charge is 0.240 e. The molecule has 4 rings (SSSR count). The number of para-hydroxylation sites is 1. The molecule has 0 aliphatic rings. The molecule has 166 valence electrons. The lowest BCUT2D eigenvalue weighted by molar-refractivity contribution is -0.117. The summed E-state index contributed by atoms with van der Waals surface area (Å²) in [5, 5.41) is 20.3. The van der Waals surface area contributed by atoms with Gasteiger partial charge in [-0.1, -0.05) is 66.4 Å². The van der Waals surface area contributed by atoms with Crippen LogP contribution < -0.4 is 4.90 Å². The maximum atomic E-state index is 13.4. The number of amides is 1. The van der Waals surface area contributed by atoms with Crippen molar-refractivity contribution >= 4 is 34.7 Å². The first-order chi connectivity index (χ1) is 16.2. The third-order valence-electron chi connectivity index (χ3n) is 5.05. The van der Waals surface area contributed by atoms with Crippen LogP contribution in [0.3, 0.4) is 0 Å². The lowest BCUT2D eigenvalue weighted by atomic mass is 10.2. The van der Waals surface area contributed by atoms with E-state index in [9.17, 15) is 4.79 Å². The zero-order valence-corrected chi connectivity index (χ0v) is 19.8. The number of nitriles is 1. The molecule has 0 spiro atoms. The van der Waals surface area contributed by atoms with Gasteiger partial charge in [-0.25, -0.2) is 0 Å². The van der Waals surface area contributed by atoms with E-state index in [1.807, 2.05) is 73.0 Å². The Morgan fingerprint density at radius 2 is 1.82 bits per heavy atom. The van der Waals surface area contributed by atoms with Crippen molar-refractivity contribution in [3.05, 3.63) is 83.7 Å². The quantitative estimate of drug-likeness (QED) is 0.301. The van der Waals surface area contributed by atoms with E-state index in [2.05, 4.69) is 33.0 Å². The second kappa shape index (κ2) is 10.9. The molecule has 2 aromatic carbocycles. The standard InChI is InChI=1S/C25H23N5OS2/c1-19(24(31)29(16-9-15-26)21-12-6-3-7-13-21)33-25-28-27-23(22-14-8-17-32-22)30(25)18-20-10-4-2-5-11-20/h2-8,10-14,17,19H,9,16,18H2,1H3. The molecule has 1 atom stereocenters. The number of nitrogens with zero attached hydrogens (tertiary/aromatic N) is 5. The molecule has 8 heteroatoms. The Labute approximate surface area is 201 Å². The number of benzene rings is 2. The van der Waals surface area contributed by atoms with Gasteiger partial charge < -0.3 is 4.90 Å². The van der Waals surface area contributed by atoms with Gasteiger partial charge in [0.05, 0.1) is 29.2 Å². The molecule has 33 heavy (non-hydrogen) atoms. The van der Waals surface area contributed by atoms with E-state index in [0.717, 1.165) is 22.0 Å². The van der Waals surface area contributed by atoms with Crippen LogP contribution in [0.4, 0.5) is 5.69 Å². The topological polar surface area (TPSA) is 74.8 Å². The number of hydrogen-bond donors (Lipinski definition) is 0. The average molecular weight is 474 g/mol. The van der Waals surface area contributed by atoms with Gasteiger partial charge in [-0.15, -0.1) is 21.5 Å². The van der Waals surface area contributed by atoms with Gasteiger partial charge in [-0.3, -0.25) is 9.36 Å². The van der Waals surface area contributed by atoms with Crippen molar-refractivity contribution in [2.45, 2.75) is 30.3 Å². The second-order valence-corrected chi connectivity index (χ2v) is 9.60. The third-order valence-corrected chi connectivity index (χ3v) is 6.99. The maximum absolute atomic E-state index is 13.4. The summed E-state index contributed by atoms with van der Waals surface area (Å²) in [6, 6.07) is 25.8. The van der Waals surface area contributed by atoms with Gasteiger partial charge in [-0.05, 0) is 36.1 Å². The molecule has 0 fully saturated rings. The Morgan fingerprint density at radius 3 is 2.48 bits per heavy atom. The number of thioether (sulfide) groups is 1. The second-order valence-electron chi connectivity index (χ2n) is 7.35. The van der Waals surface area contributed by atoms with Crippen LogP contribution in [0, 0.1) is 11.3 Å². The number of carbonyl (C=O) groups is 1. The van der Waals surface area contributed by atoms with Crippen molar-refractivity contribution in [2.75, 3.05) is 11.4 Å². The minimum Gasteiger partial charge on any atom is -0.310 e. The van der Waals surface area contributed by atoms with Crippen molar-refractivity contribution in [1.82, 2.24) is 14.8 Å². The molecule has 0 aliphatic carbocycles. The molecule has 0 aliphatic heterocycles. The number of carbonyl (C=O) groups excluding carboxylic acids is 1. The first-order valence-corrected chi connectivity index (χ1v) is 12.3. The Kier molecular flexibility index (Phi) is 7.55. The lowest BCUT2D eigenvalue weighted by Crippen LogP contribution is -2.37.